The van der Waals surface area contributed by atoms with Gasteiger partial charge in [0.05, 0.1) is 73.0 Å². The molecule has 2 rings (SSSR count). The molecular weight excluding hydrogens is 603 g/mol. The van der Waals surface area contributed by atoms with Gasteiger partial charge in [0.15, 0.2) is 12.2 Å². The third kappa shape index (κ3) is 10.2. The van der Waals surface area contributed by atoms with Crippen molar-refractivity contribution in [1.29, 1.82) is 0 Å². The molecule has 0 aliphatic carbocycles. The predicted octanol–water partition coefficient (Wildman–Crippen LogP) is 0.814. The number of esters is 2. The number of halogens is 2. The summed E-state index contributed by atoms with van der Waals surface area (Å²) in [7, 11) is 1.27. The molecule has 0 saturated carbocycles. The monoisotopic (exact) mass is 636 g/mol. The zero-order valence-corrected chi connectivity index (χ0v) is 24.6. The Morgan fingerprint density at radius 2 is 1.57 bits per heavy atom. The number of aliphatic carboxylic acids is 2. The van der Waals surface area contributed by atoms with E-state index in [2.05, 4.69) is 5.32 Å². The first-order chi connectivity index (χ1) is 19.8. The third-order valence-corrected chi connectivity index (χ3v) is 6.36. The number of dihydropyridines is 1. The van der Waals surface area contributed by atoms with E-state index in [4.69, 9.17) is 68.3 Å². The number of hydrogen-bond acceptors (Lipinski definition) is 12. The number of rotatable bonds is 14. The number of carbonyl (C=O) groups excluding carboxylic acids is 2. The molecule has 1 aromatic rings. The Balaban J connectivity index is 0.000000752. The SMILES string of the molecule is CCOC(=O)C1=C(COCCOCCN)NC(C)=C(C(=O)OC)C1c1cccc(Cl)c1Cl.O=C(O)[C@H](O)[C@@H](O)C(=O)O. The average molecular weight is 637 g/mol. The number of carbonyl (C=O) groups is 4. The molecule has 0 radical (unpaired) electrons. The van der Waals surface area contributed by atoms with Gasteiger partial charge in [-0.1, -0.05) is 35.3 Å². The Labute approximate surface area is 251 Å². The maximum atomic E-state index is 13.1. The van der Waals surface area contributed by atoms with Gasteiger partial charge in [-0.2, -0.15) is 0 Å². The molecule has 42 heavy (non-hydrogen) atoms. The smallest absolute Gasteiger partial charge is 0.336 e. The van der Waals surface area contributed by atoms with E-state index in [1.807, 2.05) is 0 Å². The number of allylic oxidation sites excluding steroid dienone is 1. The summed E-state index contributed by atoms with van der Waals surface area (Å²) in [5, 5.41) is 36.2. The van der Waals surface area contributed by atoms with E-state index in [1.165, 1.54) is 7.11 Å². The minimum Gasteiger partial charge on any atom is -0.479 e. The molecule has 1 aliphatic heterocycles. The number of carboxylic acid groups (broad SMARTS) is 2. The highest BCUT2D eigenvalue weighted by Crippen LogP contribution is 2.43. The van der Waals surface area contributed by atoms with Gasteiger partial charge in [0.25, 0.3) is 0 Å². The molecule has 16 heteroatoms. The number of ether oxygens (including phenoxy) is 4. The van der Waals surface area contributed by atoms with Gasteiger partial charge in [0.2, 0.25) is 0 Å². The number of benzene rings is 1. The molecule has 0 fully saturated rings. The minimum absolute atomic E-state index is 0.0562. The van der Waals surface area contributed by atoms with Gasteiger partial charge in [-0.25, -0.2) is 19.2 Å². The molecule has 0 saturated heterocycles. The van der Waals surface area contributed by atoms with Gasteiger partial charge in [0.1, 0.15) is 0 Å². The molecule has 1 aromatic carbocycles. The van der Waals surface area contributed by atoms with Crippen molar-refractivity contribution >= 4 is 47.1 Å². The summed E-state index contributed by atoms with van der Waals surface area (Å²) in [6, 6.07) is 5.03. The van der Waals surface area contributed by atoms with Crippen LogP contribution in [-0.2, 0) is 38.1 Å². The predicted molar refractivity (Wildman–Crippen MR) is 149 cm³/mol. The molecule has 3 atom stereocenters. The Morgan fingerprint density at radius 1 is 0.976 bits per heavy atom. The first-order valence-corrected chi connectivity index (χ1v) is 13.2. The van der Waals surface area contributed by atoms with Gasteiger partial charge < -0.3 is 50.4 Å². The first kappa shape index (κ1) is 36.8. The maximum absolute atomic E-state index is 13.1. The lowest BCUT2D eigenvalue weighted by Crippen LogP contribution is -2.39. The topological polar surface area (TPSA) is 224 Å². The number of methoxy groups -OCH3 is 1. The molecule has 14 nitrogen and oxygen atoms in total. The third-order valence-electron chi connectivity index (χ3n) is 5.52. The van der Waals surface area contributed by atoms with Gasteiger partial charge in [-0.3, -0.25) is 0 Å². The first-order valence-electron chi connectivity index (χ1n) is 12.4. The van der Waals surface area contributed by atoms with Gasteiger partial charge >= 0.3 is 23.9 Å². The van der Waals surface area contributed by atoms with E-state index >= 15 is 0 Å². The summed E-state index contributed by atoms with van der Waals surface area (Å²) in [6.07, 6.45) is -4.53. The Hall–Kier alpha value is -3.24. The van der Waals surface area contributed by atoms with Crippen LogP contribution >= 0.6 is 23.2 Å². The summed E-state index contributed by atoms with van der Waals surface area (Å²) < 4.78 is 21.3. The molecule has 0 spiro atoms. The Bertz CT molecular complexity index is 1170. The van der Waals surface area contributed by atoms with Crippen LogP contribution < -0.4 is 11.1 Å². The summed E-state index contributed by atoms with van der Waals surface area (Å²) in [5.41, 5.74) is 7.27. The van der Waals surface area contributed by atoms with Gasteiger partial charge in [0, 0.05) is 12.2 Å². The van der Waals surface area contributed by atoms with E-state index < -0.39 is 42.0 Å². The lowest BCUT2D eigenvalue weighted by atomic mass is 9.80. The number of nitrogens with one attached hydrogen (secondary N) is 1. The fraction of sp³-hybridized carbons (Fsp3) is 0.462. The minimum atomic E-state index is -2.27. The van der Waals surface area contributed by atoms with Gasteiger partial charge in [-0.05, 0) is 25.5 Å². The van der Waals surface area contributed by atoms with E-state index in [0.29, 0.717) is 41.7 Å². The second-order valence-corrected chi connectivity index (χ2v) is 9.15. The van der Waals surface area contributed by atoms with Crippen molar-refractivity contribution in [2.75, 3.05) is 46.7 Å². The zero-order chi connectivity index (χ0) is 32.0. The van der Waals surface area contributed by atoms with E-state index in [1.54, 1.807) is 32.0 Å². The molecule has 1 unspecified atom stereocenters. The summed E-state index contributed by atoms with van der Waals surface area (Å²) in [5.74, 6) is -5.60. The van der Waals surface area contributed by atoms with Crippen LogP contribution in [0.25, 0.3) is 0 Å². The van der Waals surface area contributed by atoms with Crippen molar-refractivity contribution in [2.24, 2.45) is 5.73 Å². The largest absolute Gasteiger partial charge is 0.479 e. The summed E-state index contributed by atoms with van der Waals surface area (Å²) in [6.45, 7) is 5.10. The number of hydrogen-bond donors (Lipinski definition) is 6. The van der Waals surface area contributed by atoms with Crippen LogP contribution in [0.5, 0.6) is 0 Å². The van der Waals surface area contributed by atoms with Crippen molar-refractivity contribution in [2.45, 2.75) is 32.0 Å². The second-order valence-electron chi connectivity index (χ2n) is 8.36. The molecule has 0 aromatic heterocycles. The quantitative estimate of drug-likeness (QED) is 0.123. The van der Waals surface area contributed by atoms with Crippen molar-refractivity contribution < 1.29 is 58.6 Å². The van der Waals surface area contributed by atoms with Crippen LogP contribution in [0.1, 0.15) is 25.3 Å². The fourth-order valence-electron chi connectivity index (χ4n) is 3.64. The molecule has 1 aliphatic rings. The van der Waals surface area contributed by atoms with E-state index in [-0.39, 0.29) is 36.0 Å². The van der Waals surface area contributed by atoms with E-state index in [0.717, 1.165) is 0 Å². The molecule has 0 amide bonds. The second kappa shape index (κ2) is 18.3. The fourth-order valence-corrected chi connectivity index (χ4v) is 4.06. The lowest BCUT2D eigenvalue weighted by Gasteiger charge is -2.31. The highest BCUT2D eigenvalue weighted by Gasteiger charge is 2.40. The highest BCUT2D eigenvalue weighted by molar-refractivity contribution is 6.42. The average Bonchev–Trinajstić information content (AvgIpc) is 2.95. The van der Waals surface area contributed by atoms with Crippen molar-refractivity contribution in [3.8, 4) is 0 Å². The van der Waals surface area contributed by atoms with Crippen molar-refractivity contribution in [3.05, 3.63) is 56.3 Å². The van der Waals surface area contributed by atoms with Crippen LogP contribution in [-0.4, -0.2) is 103 Å². The summed E-state index contributed by atoms with van der Waals surface area (Å²) in [4.78, 5) is 45.3. The normalized spacial score (nSPS) is 16.0. The highest BCUT2D eigenvalue weighted by atomic mass is 35.5. The van der Waals surface area contributed by atoms with Crippen LogP contribution in [0.3, 0.4) is 0 Å². The Morgan fingerprint density at radius 3 is 2.10 bits per heavy atom. The molecule has 0 bridgehead atoms. The maximum Gasteiger partial charge on any atom is 0.336 e. The van der Waals surface area contributed by atoms with Gasteiger partial charge in [-0.15, -0.1) is 0 Å². The molecule has 7 N–H and O–H groups in total. The van der Waals surface area contributed by atoms with Crippen LogP contribution in [0, 0.1) is 0 Å². The Kier molecular flexibility index (Phi) is 16.1. The van der Waals surface area contributed by atoms with Crippen LogP contribution in [0.4, 0.5) is 0 Å². The lowest BCUT2D eigenvalue weighted by molar-refractivity contribution is -0.165. The molecule has 234 valence electrons. The number of nitrogens with two attached hydrogens (primary N) is 1. The van der Waals surface area contributed by atoms with Crippen molar-refractivity contribution in [1.82, 2.24) is 5.32 Å². The number of carboxylic acids is 2. The standard InChI is InChI=1S/C22H28Cl2N2O6.C4H6O6/c1-4-32-22(28)19-16(12-31-11-10-30-9-8-25)26-13(2)17(21(27)29-3)18(19)14-6-5-7-15(23)20(14)24;5-1(3(7)8)2(6)4(9)10/h5-7,18,26H,4,8-12,25H2,1-3H3;1-2,5-6H,(H,7,8)(H,9,10)/t;1-,2-/m.1/s1. The number of aliphatic hydroxyl groups is 2. The zero-order valence-electron chi connectivity index (χ0n) is 23.1. The van der Waals surface area contributed by atoms with Crippen molar-refractivity contribution in [3.63, 3.8) is 0 Å². The number of aliphatic hydroxyl groups excluding tert-OH is 2. The molecule has 1 heterocycles. The molecular formula is C26H34Cl2N2O12. The van der Waals surface area contributed by atoms with Crippen LogP contribution in [0.15, 0.2) is 40.7 Å². The van der Waals surface area contributed by atoms with Crippen LogP contribution in [0.2, 0.25) is 10.0 Å². The summed E-state index contributed by atoms with van der Waals surface area (Å²) >= 11 is 12.7. The van der Waals surface area contributed by atoms with E-state index in [9.17, 15) is 19.2 Å².